The highest BCUT2D eigenvalue weighted by atomic mass is 16.5. The van der Waals surface area contributed by atoms with Gasteiger partial charge in [0.05, 0.1) is 24.9 Å². The van der Waals surface area contributed by atoms with E-state index in [1.54, 1.807) is 12.5 Å². The van der Waals surface area contributed by atoms with Gasteiger partial charge in [-0.3, -0.25) is 0 Å². The molecule has 0 fully saturated rings. The minimum atomic E-state index is 0.746. The van der Waals surface area contributed by atoms with Gasteiger partial charge in [0.15, 0.2) is 0 Å². The van der Waals surface area contributed by atoms with Gasteiger partial charge in [-0.15, -0.1) is 0 Å². The second-order valence-electron chi connectivity index (χ2n) is 4.51. The summed E-state index contributed by atoms with van der Waals surface area (Å²) in [5.41, 5.74) is 2.21. The summed E-state index contributed by atoms with van der Waals surface area (Å²) in [7, 11) is 0. The molecule has 0 aliphatic carbocycles. The van der Waals surface area contributed by atoms with Gasteiger partial charge in [-0.05, 0) is 24.6 Å². The van der Waals surface area contributed by atoms with Crippen LogP contribution in [0, 0.1) is 0 Å². The fourth-order valence-corrected chi connectivity index (χ4v) is 2.17. The van der Waals surface area contributed by atoms with E-state index in [0.29, 0.717) is 0 Å². The summed E-state index contributed by atoms with van der Waals surface area (Å²) in [6.07, 6.45) is 6.49. The van der Waals surface area contributed by atoms with E-state index < -0.39 is 0 Å². The smallest absolute Gasteiger partial charge is 0.128 e. The number of fused-ring (bicyclic) bond motifs is 1. The van der Waals surface area contributed by atoms with Crippen molar-refractivity contribution in [2.24, 2.45) is 0 Å². The van der Waals surface area contributed by atoms with Crippen LogP contribution in [0.3, 0.4) is 0 Å². The average Bonchev–Trinajstić information content (AvgIpc) is 3.07. The summed E-state index contributed by atoms with van der Waals surface area (Å²) in [6, 6.07) is 8.23. The van der Waals surface area contributed by atoms with Crippen molar-refractivity contribution in [1.29, 1.82) is 0 Å². The van der Waals surface area contributed by atoms with Gasteiger partial charge < -0.3 is 13.8 Å². The van der Waals surface area contributed by atoms with Crippen molar-refractivity contribution in [2.45, 2.75) is 19.9 Å². The fraction of sp³-hybridized carbons (Fsp3) is 0.267. The molecule has 0 atom stereocenters. The van der Waals surface area contributed by atoms with Crippen LogP contribution in [0.4, 0.5) is 0 Å². The highest BCUT2D eigenvalue weighted by Gasteiger charge is 2.07. The fourth-order valence-electron chi connectivity index (χ4n) is 2.17. The highest BCUT2D eigenvalue weighted by Crippen LogP contribution is 2.27. The third-order valence-electron chi connectivity index (χ3n) is 3.07. The molecule has 0 spiro atoms. The number of benzene rings is 1. The Morgan fingerprint density at radius 3 is 3.05 bits per heavy atom. The quantitative estimate of drug-likeness (QED) is 0.701. The maximum Gasteiger partial charge on any atom is 0.128 e. The molecule has 1 aromatic carbocycles. The first kappa shape index (κ1) is 11.8. The number of rotatable bonds is 5. The van der Waals surface area contributed by atoms with Gasteiger partial charge in [-0.1, -0.05) is 18.1 Å². The van der Waals surface area contributed by atoms with Gasteiger partial charge in [0, 0.05) is 17.1 Å². The summed E-state index contributed by atoms with van der Waals surface area (Å²) in [4.78, 5) is 0. The molecule has 0 saturated carbocycles. The van der Waals surface area contributed by atoms with Crippen LogP contribution in [-0.4, -0.2) is 16.3 Å². The van der Waals surface area contributed by atoms with Crippen molar-refractivity contribution in [1.82, 2.24) is 9.72 Å². The first-order valence-electron chi connectivity index (χ1n) is 6.47. The Kier molecular flexibility index (Phi) is 3.23. The van der Waals surface area contributed by atoms with Gasteiger partial charge in [0.1, 0.15) is 12.0 Å². The Morgan fingerprint density at radius 2 is 2.26 bits per heavy atom. The number of aromatic nitrogens is 2. The zero-order chi connectivity index (χ0) is 13.1. The topological polar surface area (TPSA) is 40.2 Å². The van der Waals surface area contributed by atoms with Crippen molar-refractivity contribution in [3.8, 4) is 5.75 Å². The van der Waals surface area contributed by atoms with Crippen LogP contribution in [-0.2, 0) is 6.54 Å². The minimum absolute atomic E-state index is 0.746. The molecule has 19 heavy (non-hydrogen) atoms. The van der Waals surface area contributed by atoms with E-state index in [0.717, 1.165) is 41.8 Å². The van der Waals surface area contributed by atoms with Crippen LogP contribution in [0.5, 0.6) is 5.75 Å². The minimum Gasteiger partial charge on any atom is -0.493 e. The van der Waals surface area contributed by atoms with E-state index >= 15 is 0 Å². The molecule has 0 amide bonds. The van der Waals surface area contributed by atoms with Gasteiger partial charge in [-0.25, -0.2) is 0 Å². The molecular weight excluding hydrogens is 240 g/mol. The van der Waals surface area contributed by atoms with E-state index in [1.165, 1.54) is 0 Å². The summed E-state index contributed by atoms with van der Waals surface area (Å²) in [6.45, 7) is 3.61. The summed E-state index contributed by atoms with van der Waals surface area (Å²) in [5.74, 6) is 0.948. The standard InChI is InChI=1S/C15H16N2O2/c1-2-8-18-15-5-3-4-14-13(15)6-7-17(14)10-12-9-16-19-11-12/h3-7,9,11H,2,8,10H2,1H3. The van der Waals surface area contributed by atoms with E-state index in [1.807, 2.05) is 12.1 Å². The third kappa shape index (κ3) is 2.34. The first-order valence-corrected chi connectivity index (χ1v) is 6.47. The molecule has 98 valence electrons. The summed E-state index contributed by atoms with van der Waals surface area (Å²) < 4.78 is 12.8. The van der Waals surface area contributed by atoms with Crippen LogP contribution in [0.2, 0.25) is 0 Å². The maximum atomic E-state index is 5.77. The molecule has 0 N–H and O–H groups in total. The largest absolute Gasteiger partial charge is 0.493 e. The SMILES string of the molecule is CCCOc1cccc2c1ccn2Cc1cnoc1. The normalized spacial score (nSPS) is 11.0. The lowest BCUT2D eigenvalue weighted by molar-refractivity contribution is 0.321. The molecule has 2 aromatic heterocycles. The number of hydrogen-bond donors (Lipinski definition) is 0. The highest BCUT2D eigenvalue weighted by molar-refractivity contribution is 5.86. The zero-order valence-corrected chi connectivity index (χ0v) is 10.9. The van der Waals surface area contributed by atoms with Gasteiger partial charge in [-0.2, -0.15) is 0 Å². The van der Waals surface area contributed by atoms with Crippen LogP contribution in [0.25, 0.3) is 10.9 Å². The molecule has 0 unspecified atom stereocenters. The van der Waals surface area contributed by atoms with E-state index in [2.05, 4.69) is 35.0 Å². The summed E-state index contributed by atoms with van der Waals surface area (Å²) >= 11 is 0. The predicted octanol–water partition coefficient (Wildman–Crippen LogP) is 3.47. The average molecular weight is 256 g/mol. The van der Waals surface area contributed by atoms with Crippen molar-refractivity contribution in [3.05, 3.63) is 48.5 Å². The van der Waals surface area contributed by atoms with Gasteiger partial charge >= 0.3 is 0 Å². The number of nitrogens with zero attached hydrogens (tertiary/aromatic N) is 2. The zero-order valence-electron chi connectivity index (χ0n) is 10.9. The summed E-state index contributed by atoms with van der Waals surface area (Å²) in [5, 5.41) is 4.87. The Morgan fingerprint density at radius 1 is 1.32 bits per heavy atom. The van der Waals surface area contributed by atoms with Crippen LogP contribution in [0.1, 0.15) is 18.9 Å². The van der Waals surface area contributed by atoms with Crippen LogP contribution < -0.4 is 4.74 Å². The van der Waals surface area contributed by atoms with Crippen LogP contribution in [0.15, 0.2) is 47.4 Å². The van der Waals surface area contributed by atoms with E-state index in [9.17, 15) is 0 Å². The molecule has 0 bridgehead atoms. The Hall–Kier alpha value is -2.23. The molecule has 2 heterocycles. The van der Waals surface area contributed by atoms with Crippen molar-refractivity contribution in [3.63, 3.8) is 0 Å². The maximum absolute atomic E-state index is 5.77. The molecule has 4 nitrogen and oxygen atoms in total. The molecule has 0 radical (unpaired) electrons. The Bertz CT molecular complexity index is 656. The van der Waals surface area contributed by atoms with Crippen molar-refractivity contribution in [2.75, 3.05) is 6.61 Å². The monoisotopic (exact) mass is 256 g/mol. The van der Waals surface area contributed by atoms with E-state index in [-0.39, 0.29) is 0 Å². The van der Waals surface area contributed by atoms with Crippen molar-refractivity contribution >= 4 is 10.9 Å². The molecule has 3 rings (SSSR count). The number of hydrogen-bond acceptors (Lipinski definition) is 3. The predicted molar refractivity (Wildman–Crippen MR) is 73.3 cm³/mol. The molecular formula is C15H16N2O2. The van der Waals surface area contributed by atoms with Gasteiger partial charge in [0.25, 0.3) is 0 Å². The molecule has 3 aromatic rings. The second-order valence-corrected chi connectivity index (χ2v) is 4.51. The van der Waals surface area contributed by atoms with Crippen molar-refractivity contribution < 1.29 is 9.26 Å². The first-order chi connectivity index (χ1) is 9.38. The molecule has 4 heteroatoms. The lowest BCUT2D eigenvalue weighted by atomic mass is 10.2. The lowest BCUT2D eigenvalue weighted by Crippen LogP contribution is -1.98. The molecule has 0 aliphatic heterocycles. The molecule has 0 saturated heterocycles. The molecule has 0 aliphatic rings. The number of ether oxygens (including phenoxy) is 1. The van der Waals surface area contributed by atoms with Gasteiger partial charge in [0.2, 0.25) is 0 Å². The van der Waals surface area contributed by atoms with E-state index in [4.69, 9.17) is 9.26 Å². The van der Waals surface area contributed by atoms with Crippen LogP contribution >= 0.6 is 0 Å². The Labute approximate surface area is 111 Å². The third-order valence-corrected chi connectivity index (χ3v) is 3.07. The Balaban J connectivity index is 1.94. The second kappa shape index (κ2) is 5.18. The lowest BCUT2D eigenvalue weighted by Gasteiger charge is -2.07.